The molecule has 5 rings (SSSR count). The lowest BCUT2D eigenvalue weighted by molar-refractivity contribution is -0.125. The summed E-state index contributed by atoms with van der Waals surface area (Å²) in [7, 11) is 0. The zero-order chi connectivity index (χ0) is 22.7. The number of aryl methyl sites for hydroxylation is 1. The number of pyridine rings is 1. The summed E-state index contributed by atoms with van der Waals surface area (Å²) in [6.07, 6.45) is 7.29. The van der Waals surface area contributed by atoms with Crippen LogP contribution in [0.1, 0.15) is 55.1 Å². The zero-order valence-electron chi connectivity index (χ0n) is 18.0. The molecule has 32 heavy (non-hydrogen) atoms. The van der Waals surface area contributed by atoms with E-state index in [9.17, 15) is 14.0 Å². The van der Waals surface area contributed by atoms with Crippen LogP contribution in [-0.4, -0.2) is 35.0 Å². The van der Waals surface area contributed by atoms with Gasteiger partial charge in [-0.25, -0.2) is 4.39 Å². The van der Waals surface area contributed by atoms with Gasteiger partial charge in [0.25, 0.3) is 11.8 Å². The normalized spacial score (nSPS) is 23.3. The fraction of sp³-hybridized carbons (Fsp3) is 0.458. The SMILES string of the molecule is CCCCc1ccc(C(=O)NC2CC3(NC(=O)COc4ccc(Cl)c(F)c4)CC2C3)nc1. The van der Waals surface area contributed by atoms with Gasteiger partial charge in [0, 0.05) is 23.8 Å². The molecule has 2 bridgehead atoms. The van der Waals surface area contributed by atoms with Gasteiger partial charge in [-0.05, 0) is 61.8 Å². The molecule has 0 radical (unpaired) electrons. The van der Waals surface area contributed by atoms with E-state index in [1.165, 1.54) is 12.1 Å². The lowest BCUT2D eigenvalue weighted by Gasteiger charge is -2.39. The maximum absolute atomic E-state index is 13.5. The van der Waals surface area contributed by atoms with Crippen molar-refractivity contribution in [3.63, 3.8) is 0 Å². The summed E-state index contributed by atoms with van der Waals surface area (Å²) < 4.78 is 18.9. The molecule has 3 aliphatic rings. The van der Waals surface area contributed by atoms with Gasteiger partial charge in [-0.3, -0.25) is 14.6 Å². The van der Waals surface area contributed by atoms with Crippen LogP contribution in [0.4, 0.5) is 4.39 Å². The number of hydrogen-bond donors (Lipinski definition) is 2. The Morgan fingerprint density at radius 2 is 2.06 bits per heavy atom. The molecule has 170 valence electrons. The van der Waals surface area contributed by atoms with E-state index in [2.05, 4.69) is 22.5 Å². The molecule has 1 heterocycles. The topological polar surface area (TPSA) is 80.3 Å². The van der Waals surface area contributed by atoms with Gasteiger partial charge in [0.2, 0.25) is 0 Å². The smallest absolute Gasteiger partial charge is 0.270 e. The molecule has 2 N–H and O–H groups in total. The first-order valence-corrected chi connectivity index (χ1v) is 11.4. The summed E-state index contributed by atoms with van der Waals surface area (Å²) >= 11 is 5.65. The molecule has 3 saturated carbocycles. The van der Waals surface area contributed by atoms with Gasteiger partial charge < -0.3 is 15.4 Å². The van der Waals surface area contributed by atoms with E-state index in [1.54, 1.807) is 12.3 Å². The first-order chi connectivity index (χ1) is 15.4. The van der Waals surface area contributed by atoms with Crippen molar-refractivity contribution in [2.75, 3.05) is 6.61 Å². The molecule has 3 aliphatic carbocycles. The zero-order valence-corrected chi connectivity index (χ0v) is 18.8. The van der Waals surface area contributed by atoms with Crippen molar-refractivity contribution in [3.8, 4) is 5.75 Å². The summed E-state index contributed by atoms with van der Waals surface area (Å²) in [5, 5.41) is 6.12. The van der Waals surface area contributed by atoms with Crippen molar-refractivity contribution in [1.29, 1.82) is 0 Å². The quantitative estimate of drug-likeness (QED) is 0.592. The lowest BCUT2D eigenvalue weighted by atomic mass is 9.76. The van der Waals surface area contributed by atoms with Crippen LogP contribution < -0.4 is 15.4 Å². The van der Waals surface area contributed by atoms with Crippen LogP contribution in [0.3, 0.4) is 0 Å². The van der Waals surface area contributed by atoms with E-state index in [0.717, 1.165) is 43.7 Å². The third-order valence-corrected chi connectivity index (χ3v) is 6.65. The van der Waals surface area contributed by atoms with E-state index in [-0.39, 0.29) is 40.8 Å². The summed E-state index contributed by atoms with van der Waals surface area (Å²) in [6, 6.07) is 7.79. The first kappa shape index (κ1) is 22.5. The number of carbonyl (C=O) groups is 2. The van der Waals surface area contributed by atoms with Crippen LogP contribution >= 0.6 is 11.6 Å². The number of nitrogens with zero attached hydrogens (tertiary/aromatic N) is 1. The Morgan fingerprint density at radius 3 is 2.75 bits per heavy atom. The first-order valence-electron chi connectivity index (χ1n) is 11.0. The molecule has 1 atom stereocenters. The highest BCUT2D eigenvalue weighted by atomic mass is 35.5. The van der Waals surface area contributed by atoms with E-state index < -0.39 is 5.82 Å². The number of unbranched alkanes of at least 4 members (excludes halogenated alkanes) is 1. The van der Waals surface area contributed by atoms with Gasteiger partial charge in [-0.2, -0.15) is 0 Å². The molecule has 0 saturated heterocycles. The highest BCUT2D eigenvalue weighted by Gasteiger charge is 2.57. The average molecular weight is 460 g/mol. The number of carbonyl (C=O) groups excluding carboxylic acids is 2. The molecule has 2 amide bonds. The number of aromatic nitrogens is 1. The Labute approximate surface area is 191 Å². The van der Waals surface area contributed by atoms with E-state index in [0.29, 0.717) is 18.0 Å². The van der Waals surface area contributed by atoms with Crippen molar-refractivity contribution in [2.24, 2.45) is 5.92 Å². The number of benzene rings is 1. The summed E-state index contributed by atoms with van der Waals surface area (Å²) in [6.45, 7) is 1.93. The van der Waals surface area contributed by atoms with Crippen LogP contribution in [0.5, 0.6) is 5.75 Å². The minimum atomic E-state index is -0.593. The van der Waals surface area contributed by atoms with Gasteiger partial charge in [0.1, 0.15) is 17.3 Å². The molecule has 8 heteroatoms. The van der Waals surface area contributed by atoms with Gasteiger partial charge in [-0.15, -0.1) is 0 Å². The molecule has 1 unspecified atom stereocenters. The summed E-state index contributed by atoms with van der Waals surface area (Å²) in [5.74, 6) is -0.455. The third kappa shape index (κ3) is 5.04. The van der Waals surface area contributed by atoms with E-state index in [1.807, 2.05) is 6.07 Å². The average Bonchev–Trinajstić information content (AvgIpc) is 3.26. The lowest BCUT2D eigenvalue weighted by Crippen LogP contribution is -2.53. The monoisotopic (exact) mass is 459 g/mol. The van der Waals surface area contributed by atoms with Crippen LogP contribution in [0.25, 0.3) is 0 Å². The standard InChI is InChI=1S/C24H27ClFN3O3/c1-2-3-4-15-5-8-20(27-13-15)23(31)28-21-12-24(10-16(21)11-24)29-22(30)14-32-17-6-7-18(25)19(26)9-17/h5-9,13,16,21H,2-4,10-12,14H2,1H3,(H,28,31)(H,29,30). The van der Waals surface area contributed by atoms with Crippen LogP contribution in [0.15, 0.2) is 36.5 Å². The van der Waals surface area contributed by atoms with Crippen molar-refractivity contribution >= 4 is 23.4 Å². The predicted molar refractivity (Wildman–Crippen MR) is 119 cm³/mol. The number of hydrogen-bond acceptors (Lipinski definition) is 4. The van der Waals surface area contributed by atoms with E-state index >= 15 is 0 Å². The summed E-state index contributed by atoms with van der Waals surface area (Å²) in [5.41, 5.74) is 1.24. The van der Waals surface area contributed by atoms with Crippen molar-refractivity contribution < 1.29 is 18.7 Å². The van der Waals surface area contributed by atoms with Crippen LogP contribution in [0, 0.1) is 11.7 Å². The Balaban J connectivity index is 1.25. The number of halogens is 2. The fourth-order valence-corrected chi connectivity index (χ4v) is 4.80. The molecule has 3 fully saturated rings. The molecule has 6 nitrogen and oxygen atoms in total. The third-order valence-electron chi connectivity index (χ3n) is 6.34. The second kappa shape index (κ2) is 9.45. The van der Waals surface area contributed by atoms with Gasteiger partial charge in [0.15, 0.2) is 6.61 Å². The van der Waals surface area contributed by atoms with Gasteiger partial charge in [0.05, 0.1) is 5.02 Å². The van der Waals surface area contributed by atoms with Crippen molar-refractivity contribution in [2.45, 2.75) is 57.0 Å². The Kier molecular flexibility index (Phi) is 6.65. The van der Waals surface area contributed by atoms with Crippen LogP contribution in [-0.2, 0) is 11.2 Å². The molecule has 0 spiro atoms. The Hall–Kier alpha value is -2.67. The molecule has 0 aliphatic heterocycles. The highest BCUT2D eigenvalue weighted by molar-refractivity contribution is 6.30. The Bertz CT molecular complexity index is 992. The molecule has 1 aromatic carbocycles. The minimum Gasteiger partial charge on any atom is -0.484 e. The van der Waals surface area contributed by atoms with Gasteiger partial charge in [-0.1, -0.05) is 31.0 Å². The second-order valence-electron chi connectivity index (χ2n) is 8.80. The van der Waals surface area contributed by atoms with Crippen LogP contribution in [0.2, 0.25) is 5.02 Å². The Morgan fingerprint density at radius 1 is 1.25 bits per heavy atom. The number of fused-ring (bicyclic) bond motifs is 1. The largest absolute Gasteiger partial charge is 0.484 e. The predicted octanol–water partition coefficient (Wildman–Crippen LogP) is 4.06. The maximum Gasteiger partial charge on any atom is 0.270 e. The van der Waals surface area contributed by atoms with E-state index in [4.69, 9.17) is 16.3 Å². The number of nitrogens with one attached hydrogen (secondary N) is 2. The fourth-order valence-electron chi connectivity index (χ4n) is 4.68. The number of amides is 2. The van der Waals surface area contributed by atoms with Crippen molar-refractivity contribution in [3.05, 3.63) is 58.6 Å². The van der Waals surface area contributed by atoms with Gasteiger partial charge >= 0.3 is 0 Å². The number of rotatable bonds is 9. The minimum absolute atomic E-state index is 0.00267. The molecular formula is C24H27ClFN3O3. The highest BCUT2D eigenvalue weighted by Crippen LogP contribution is 2.52. The molecular weight excluding hydrogens is 433 g/mol. The summed E-state index contributed by atoms with van der Waals surface area (Å²) in [4.78, 5) is 29.3. The molecule has 1 aromatic heterocycles. The second-order valence-corrected chi connectivity index (χ2v) is 9.21. The maximum atomic E-state index is 13.5. The number of ether oxygens (including phenoxy) is 1. The van der Waals surface area contributed by atoms with Crippen molar-refractivity contribution in [1.82, 2.24) is 15.6 Å². The molecule has 2 aromatic rings.